The largest absolute Gasteiger partial charge is 0.341 e. The molecule has 0 unspecified atom stereocenters. The summed E-state index contributed by atoms with van der Waals surface area (Å²) in [5.74, 6) is -1.07. The molecule has 7 nitrogen and oxygen atoms in total. The maximum absolute atomic E-state index is 13.0. The second-order valence-electron chi connectivity index (χ2n) is 7.80. The van der Waals surface area contributed by atoms with Crippen molar-refractivity contribution < 1.29 is 19.2 Å². The molecule has 2 fully saturated rings. The Hall–Kier alpha value is -0.780. The van der Waals surface area contributed by atoms with Crippen LogP contribution in [0.1, 0.15) is 52.8 Å². The number of hydrogen-bond acceptors (Lipinski definition) is 4. The Morgan fingerprint density at radius 3 is 1.90 bits per heavy atom. The molecule has 4 rings (SSSR count). The predicted molar refractivity (Wildman–Crippen MR) is 128 cm³/mol. The maximum atomic E-state index is 13.0. The fourth-order valence-corrected chi connectivity index (χ4v) is 6.88. The Bertz CT molecular complexity index is 946. The van der Waals surface area contributed by atoms with Crippen LogP contribution in [0.4, 0.5) is 0 Å². The summed E-state index contributed by atoms with van der Waals surface area (Å²) in [4.78, 5) is 56.2. The summed E-state index contributed by atoms with van der Waals surface area (Å²) in [6, 6.07) is -0.428. The van der Waals surface area contributed by atoms with Gasteiger partial charge in [0.05, 0.1) is 11.1 Å². The molecular weight excluding hydrogens is 666 g/mol. The van der Waals surface area contributed by atoms with E-state index in [1.165, 1.54) is 0 Å². The highest BCUT2D eigenvalue weighted by Crippen LogP contribution is 2.45. The van der Waals surface area contributed by atoms with E-state index >= 15 is 0 Å². The van der Waals surface area contributed by atoms with Gasteiger partial charge >= 0.3 is 0 Å². The number of hydrogen-bond donors (Lipinski definition) is 0. The summed E-state index contributed by atoms with van der Waals surface area (Å²) in [5, 5.41) is 0. The monoisotopic (exact) mass is 681 g/mol. The molecule has 0 radical (unpaired) electrons. The molecule has 0 N–H and O–H groups in total. The van der Waals surface area contributed by atoms with Gasteiger partial charge in [-0.15, -0.1) is 0 Å². The molecular formula is C20H19Br4N3O4. The lowest BCUT2D eigenvalue weighted by Crippen LogP contribution is -2.47. The lowest BCUT2D eigenvalue weighted by Gasteiger charge is -2.28. The predicted octanol–water partition coefficient (Wildman–Crippen LogP) is 4.34. The number of fused-ring (bicyclic) bond motifs is 1. The fraction of sp³-hybridized carbons (Fsp3) is 0.500. The van der Waals surface area contributed by atoms with Crippen LogP contribution in [0.5, 0.6) is 0 Å². The number of rotatable bonds is 4. The minimum atomic E-state index is -0.445. The quantitative estimate of drug-likeness (QED) is 0.269. The second kappa shape index (κ2) is 9.23. The minimum absolute atomic E-state index is 0.00712. The highest BCUT2D eigenvalue weighted by atomic mass is 79.9. The topological polar surface area (TPSA) is 78.0 Å². The van der Waals surface area contributed by atoms with Gasteiger partial charge in [-0.1, -0.05) is 0 Å². The molecule has 1 aromatic carbocycles. The molecule has 0 aromatic heterocycles. The van der Waals surface area contributed by atoms with Gasteiger partial charge < -0.3 is 9.80 Å². The van der Waals surface area contributed by atoms with Gasteiger partial charge in [0.25, 0.3) is 11.8 Å². The Balaban J connectivity index is 1.47. The van der Waals surface area contributed by atoms with Crippen LogP contribution in [0, 0.1) is 0 Å². The first-order valence-electron chi connectivity index (χ1n) is 10.0. The molecule has 3 heterocycles. The van der Waals surface area contributed by atoms with Gasteiger partial charge in [0.2, 0.25) is 11.8 Å². The van der Waals surface area contributed by atoms with Crippen LogP contribution in [-0.2, 0) is 9.59 Å². The van der Waals surface area contributed by atoms with E-state index in [0.717, 1.165) is 37.3 Å². The van der Waals surface area contributed by atoms with E-state index in [-0.39, 0.29) is 35.9 Å². The van der Waals surface area contributed by atoms with Gasteiger partial charge in [0, 0.05) is 50.5 Å². The molecule has 4 amide bonds. The van der Waals surface area contributed by atoms with Crippen LogP contribution in [0.2, 0.25) is 0 Å². The van der Waals surface area contributed by atoms with Crippen molar-refractivity contribution in [1.29, 1.82) is 0 Å². The summed E-state index contributed by atoms with van der Waals surface area (Å²) < 4.78 is 2.22. The molecule has 1 aromatic rings. The van der Waals surface area contributed by atoms with Crippen molar-refractivity contribution in [3.8, 4) is 0 Å². The first-order chi connectivity index (χ1) is 14.7. The van der Waals surface area contributed by atoms with Crippen molar-refractivity contribution in [2.24, 2.45) is 0 Å². The van der Waals surface area contributed by atoms with Gasteiger partial charge in [-0.3, -0.25) is 24.1 Å². The van der Waals surface area contributed by atoms with Crippen molar-refractivity contribution in [2.75, 3.05) is 26.2 Å². The van der Waals surface area contributed by atoms with Crippen molar-refractivity contribution in [3.63, 3.8) is 0 Å². The molecule has 166 valence electrons. The molecule has 11 heteroatoms. The van der Waals surface area contributed by atoms with Gasteiger partial charge in [-0.25, -0.2) is 0 Å². The van der Waals surface area contributed by atoms with Gasteiger partial charge in [0.1, 0.15) is 6.04 Å². The zero-order chi connectivity index (χ0) is 22.4. The van der Waals surface area contributed by atoms with Gasteiger partial charge in [-0.2, -0.15) is 0 Å². The van der Waals surface area contributed by atoms with E-state index < -0.39 is 17.9 Å². The van der Waals surface area contributed by atoms with Crippen LogP contribution < -0.4 is 0 Å². The third-order valence-corrected chi connectivity index (χ3v) is 10.8. The van der Waals surface area contributed by atoms with Crippen LogP contribution in [0.3, 0.4) is 0 Å². The lowest BCUT2D eigenvalue weighted by atomic mass is 10.1. The van der Waals surface area contributed by atoms with Crippen molar-refractivity contribution in [3.05, 3.63) is 29.0 Å². The maximum Gasteiger partial charge on any atom is 0.262 e. The Morgan fingerprint density at radius 1 is 0.806 bits per heavy atom. The molecule has 0 aliphatic carbocycles. The van der Waals surface area contributed by atoms with E-state index in [0.29, 0.717) is 30.9 Å². The van der Waals surface area contributed by atoms with Crippen LogP contribution in [-0.4, -0.2) is 70.5 Å². The molecule has 2 saturated heterocycles. The van der Waals surface area contributed by atoms with Crippen LogP contribution in [0.15, 0.2) is 17.9 Å². The third kappa shape index (κ3) is 4.04. The minimum Gasteiger partial charge on any atom is -0.341 e. The average molecular weight is 685 g/mol. The van der Waals surface area contributed by atoms with Crippen molar-refractivity contribution in [1.82, 2.24) is 14.7 Å². The fourth-order valence-electron chi connectivity index (χ4n) is 4.42. The number of likely N-dealkylation sites (tertiary alicyclic amines) is 2. The first-order valence-corrected chi connectivity index (χ1v) is 13.2. The van der Waals surface area contributed by atoms with Crippen molar-refractivity contribution >= 4 is 87.3 Å². The number of halogens is 4. The summed E-state index contributed by atoms with van der Waals surface area (Å²) in [7, 11) is 0. The number of nitrogens with zero attached hydrogens (tertiary/aromatic N) is 3. The van der Waals surface area contributed by atoms with E-state index in [9.17, 15) is 19.2 Å². The highest BCUT2D eigenvalue weighted by molar-refractivity contribution is 9.15. The molecule has 0 spiro atoms. The lowest BCUT2D eigenvalue weighted by molar-refractivity contribution is -0.143. The molecule has 31 heavy (non-hydrogen) atoms. The average Bonchev–Trinajstić information content (AvgIpc) is 3.49. The normalized spacial score (nSPS) is 20.8. The van der Waals surface area contributed by atoms with E-state index in [1.54, 1.807) is 4.90 Å². The molecule has 3 aliphatic heterocycles. The standard InChI is InChI=1S/C20H19Br4N3O4/c21-14-12-13(15(22)17(24)16(14)23)20(31)27(19(12)30)9-5-11(28)26-8-3-4-10(26)18(29)25-6-1-2-7-25/h10H,1-9H2/t10-/m0/s1. The number of carbonyl (C=O) groups excluding carboxylic acids is 4. The number of amides is 4. The second-order valence-corrected chi connectivity index (χ2v) is 11.0. The summed E-state index contributed by atoms with van der Waals surface area (Å²) in [6.07, 6.45) is 3.45. The third-order valence-electron chi connectivity index (χ3n) is 6.01. The molecule has 0 bridgehead atoms. The Kier molecular flexibility index (Phi) is 6.96. The van der Waals surface area contributed by atoms with Crippen LogP contribution in [0.25, 0.3) is 0 Å². The summed E-state index contributed by atoms with van der Waals surface area (Å²) in [5.41, 5.74) is 0.533. The number of carbonyl (C=O) groups is 4. The molecule has 0 saturated carbocycles. The Morgan fingerprint density at radius 2 is 1.35 bits per heavy atom. The van der Waals surface area contributed by atoms with E-state index in [1.807, 2.05) is 4.90 Å². The van der Waals surface area contributed by atoms with Crippen LogP contribution >= 0.6 is 63.7 Å². The SMILES string of the molecule is O=C([C@@H]1CCCN1C(=O)CCN1C(=O)c2c(Br)c(Br)c(Br)c(Br)c2C1=O)N1CCCC1. The van der Waals surface area contributed by atoms with Gasteiger partial charge in [-0.05, 0) is 89.4 Å². The highest BCUT2D eigenvalue weighted by Gasteiger charge is 2.42. The molecule has 1 atom stereocenters. The summed E-state index contributed by atoms with van der Waals surface area (Å²) in [6.45, 7) is 2.01. The van der Waals surface area contributed by atoms with E-state index in [4.69, 9.17) is 0 Å². The Labute approximate surface area is 213 Å². The van der Waals surface area contributed by atoms with Crippen molar-refractivity contribution in [2.45, 2.75) is 38.1 Å². The zero-order valence-electron chi connectivity index (χ0n) is 16.4. The number of imide groups is 1. The first kappa shape index (κ1) is 23.4. The van der Waals surface area contributed by atoms with E-state index in [2.05, 4.69) is 63.7 Å². The number of benzene rings is 1. The van der Waals surface area contributed by atoms with Gasteiger partial charge in [0.15, 0.2) is 0 Å². The molecule has 3 aliphatic rings. The summed E-state index contributed by atoms with van der Waals surface area (Å²) >= 11 is 13.6. The smallest absolute Gasteiger partial charge is 0.262 e. The zero-order valence-corrected chi connectivity index (χ0v) is 22.8.